The Labute approximate surface area is 149 Å². The first kappa shape index (κ1) is 17.5. The third-order valence-electron chi connectivity index (χ3n) is 5.60. The average Bonchev–Trinajstić information content (AvgIpc) is 3.24. The van der Waals surface area contributed by atoms with Crippen molar-refractivity contribution in [3.63, 3.8) is 0 Å². The summed E-state index contributed by atoms with van der Waals surface area (Å²) in [4.78, 5) is 15.3. The molecule has 1 aliphatic rings. The Kier molecular flexibility index (Phi) is 4.84. The van der Waals surface area contributed by atoms with E-state index in [1.807, 2.05) is 61.1 Å². The first-order valence-electron chi connectivity index (χ1n) is 8.85. The summed E-state index contributed by atoms with van der Waals surface area (Å²) in [6.45, 7) is 2.63. The molecule has 1 heterocycles. The van der Waals surface area contributed by atoms with Crippen LogP contribution in [-0.4, -0.2) is 34.7 Å². The lowest BCUT2D eigenvalue weighted by atomic mass is 9.77. The molecule has 1 aromatic carbocycles. The van der Waals surface area contributed by atoms with E-state index < -0.39 is 5.41 Å². The number of nitrogens with zero attached hydrogens (tertiary/aromatic N) is 3. The summed E-state index contributed by atoms with van der Waals surface area (Å²) in [5.74, 6) is 1.03. The van der Waals surface area contributed by atoms with Gasteiger partial charge in [0.25, 0.3) is 0 Å². The molecule has 25 heavy (non-hydrogen) atoms. The summed E-state index contributed by atoms with van der Waals surface area (Å²) in [5.41, 5.74) is 2.90. The lowest BCUT2D eigenvalue weighted by molar-refractivity contribution is -0.136. The van der Waals surface area contributed by atoms with Gasteiger partial charge in [-0.05, 0) is 37.5 Å². The smallest absolute Gasteiger partial charge is 0.233 e. The van der Waals surface area contributed by atoms with Gasteiger partial charge in [0.2, 0.25) is 5.91 Å². The summed E-state index contributed by atoms with van der Waals surface area (Å²) in [5, 5.41) is 4.29. The number of likely N-dealkylation sites (N-methyl/N-ethyl adjacent to an activating group) is 1. The molecule has 0 saturated heterocycles. The number of carbonyl (C=O) groups excluding carboxylic acids is 1. The number of rotatable bonds is 5. The molecule has 0 bridgehead atoms. The molecule has 0 N–H and O–H groups in total. The van der Waals surface area contributed by atoms with Crippen molar-refractivity contribution in [2.75, 3.05) is 14.2 Å². The first-order valence-corrected chi connectivity index (χ1v) is 8.85. The standard InChI is InChI=1S/C20H27N3O2/c1-15-16(13-21-23(15)3)14-22(2)19(24)20(11-5-6-12-20)17-7-9-18(25-4)10-8-17/h7-10,13H,5-6,11-12,14H2,1-4H3. The highest BCUT2D eigenvalue weighted by Crippen LogP contribution is 2.43. The number of carbonyl (C=O) groups is 1. The Hall–Kier alpha value is -2.30. The molecule has 0 radical (unpaired) electrons. The van der Waals surface area contributed by atoms with E-state index in [9.17, 15) is 4.79 Å². The fourth-order valence-corrected chi connectivity index (χ4v) is 3.91. The Morgan fingerprint density at radius 1 is 1.28 bits per heavy atom. The number of aryl methyl sites for hydroxylation is 1. The minimum atomic E-state index is -0.406. The van der Waals surface area contributed by atoms with Crippen LogP contribution < -0.4 is 4.74 Å². The summed E-state index contributed by atoms with van der Waals surface area (Å²) in [6.07, 6.45) is 5.87. The zero-order valence-corrected chi connectivity index (χ0v) is 15.6. The van der Waals surface area contributed by atoms with E-state index in [1.165, 1.54) is 0 Å². The molecule has 1 amide bonds. The van der Waals surface area contributed by atoms with Crippen molar-refractivity contribution >= 4 is 5.91 Å². The second-order valence-corrected chi connectivity index (χ2v) is 7.06. The van der Waals surface area contributed by atoms with E-state index >= 15 is 0 Å². The maximum Gasteiger partial charge on any atom is 0.233 e. The van der Waals surface area contributed by atoms with Gasteiger partial charge in [0.1, 0.15) is 5.75 Å². The molecular weight excluding hydrogens is 314 g/mol. The zero-order valence-electron chi connectivity index (χ0n) is 15.6. The van der Waals surface area contributed by atoms with E-state index in [-0.39, 0.29) is 5.91 Å². The fraction of sp³-hybridized carbons (Fsp3) is 0.500. The lowest BCUT2D eigenvalue weighted by Gasteiger charge is -2.33. The maximum absolute atomic E-state index is 13.4. The minimum absolute atomic E-state index is 0.207. The maximum atomic E-state index is 13.4. The van der Waals surface area contributed by atoms with Gasteiger partial charge < -0.3 is 9.64 Å². The highest BCUT2D eigenvalue weighted by molar-refractivity contribution is 5.88. The van der Waals surface area contributed by atoms with Gasteiger partial charge in [-0.25, -0.2) is 0 Å². The molecule has 1 saturated carbocycles. The molecule has 5 nitrogen and oxygen atoms in total. The Morgan fingerprint density at radius 3 is 2.44 bits per heavy atom. The van der Waals surface area contributed by atoms with Gasteiger partial charge in [0.15, 0.2) is 0 Å². The summed E-state index contributed by atoms with van der Waals surface area (Å²) in [6, 6.07) is 8.00. The van der Waals surface area contributed by atoms with Crippen molar-refractivity contribution in [3.8, 4) is 5.75 Å². The Balaban J connectivity index is 1.86. The molecule has 1 aliphatic carbocycles. The van der Waals surface area contributed by atoms with E-state index in [4.69, 9.17) is 4.74 Å². The first-order chi connectivity index (χ1) is 12.0. The van der Waals surface area contributed by atoms with Crippen LogP contribution in [-0.2, 0) is 23.8 Å². The normalized spacial score (nSPS) is 16.0. The Bertz CT molecular complexity index is 743. The van der Waals surface area contributed by atoms with E-state index in [0.29, 0.717) is 6.54 Å². The second kappa shape index (κ2) is 6.90. The van der Waals surface area contributed by atoms with Crippen LogP contribution in [0.5, 0.6) is 5.75 Å². The average molecular weight is 341 g/mol. The zero-order chi connectivity index (χ0) is 18.0. The van der Waals surface area contributed by atoms with E-state index in [1.54, 1.807) is 7.11 Å². The highest BCUT2D eigenvalue weighted by Gasteiger charge is 2.44. The van der Waals surface area contributed by atoms with Crippen molar-refractivity contribution in [1.82, 2.24) is 14.7 Å². The van der Waals surface area contributed by atoms with Crippen molar-refractivity contribution in [1.29, 1.82) is 0 Å². The molecule has 5 heteroatoms. The quantitative estimate of drug-likeness (QED) is 0.839. The van der Waals surface area contributed by atoms with Crippen LogP contribution in [0, 0.1) is 6.92 Å². The van der Waals surface area contributed by atoms with Gasteiger partial charge in [0.05, 0.1) is 18.7 Å². The molecule has 3 rings (SSSR count). The van der Waals surface area contributed by atoms with Gasteiger partial charge >= 0.3 is 0 Å². The number of ether oxygens (including phenoxy) is 1. The van der Waals surface area contributed by atoms with Crippen LogP contribution in [0.1, 0.15) is 42.5 Å². The molecule has 0 atom stereocenters. The third-order valence-corrected chi connectivity index (χ3v) is 5.60. The van der Waals surface area contributed by atoms with Crippen LogP contribution in [0.4, 0.5) is 0 Å². The van der Waals surface area contributed by atoms with Crippen LogP contribution in [0.2, 0.25) is 0 Å². The highest BCUT2D eigenvalue weighted by atomic mass is 16.5. The molecule has 0 unspecified atom stereocenters. The summed E-state index contributed by atoms with van der Waals surface area (Å²) in [7, 11) is 5.49. The third kappa shape index (κ3) is 3.15. The van der Waals surface area contributed by atoms with Gasteiger partial charge in [-0.15, -0.1) is 0 Å². The molecule has 134 valence electrons. The summed E-state index contributed by atoms with van der Waals surface area (Å²) >= 11 is 0. The van der Waals surface area contributed by atoms with Crippen molar-refractivity contribution in [2.45, 2.75) is 44.6 Å². The van der Waals surface area contributed by atoms with Crippen LogP contribution >= 0.6 is 0 Å². The van der Waals surface area contributed by atoms with Gasteiger partial charge in [-0.1, -0.05) is 25.0 Å². The minimum Gasteiger partial charge on any atom is -0.497 e. The second-order valence-electron chi connectivity index (χ2n) is 7.06. The van der Waals surface area contributed by atoms with Gasteiger partial charge in [0, 0.05) is 31.9 Å². The van der Waals surface area contributed by atoms with Crippen molar-refractivity contribution < 1.29 is 9.53 Å². The number of aromatic nitrogens is 2. The monoisotopic (exact) mass is 341 g/mol. The lowest BCUT2D eigenvalue weighted by Crippen LogP contribution is -2.43. The van der Waals surface area contributed by atoms with Crippen LogP contribution in [0.15, 0.2) is 30.5 Å². The molecular formula is C20H27N3O2. The van der Waals surface area contributed by atoms with Crippen molar-refractivity contribution in [3.05, 3.63) is 47.3 Å². The predicted molar refractivity (Wildman–Crippen MR) is 97.6 cm³/mol. The molecule has 1 aromatic heterocycles. The fourth-order valence-electron chi connectivity index (χ4n) is 3.91. The molecule has 0 aliphatic heterocycles. The van der Waals surface area contributed by atoms with Crippen molar-refractivity contribution in [2.24, 2.45) is 7.05 Å². The number of methoxy groups -OCH3 is 1. The topological polar surface area (TPSA) is 47.4 Å². The number of benzene rings is 1. The molecule has 1 fully saturated rings. The van der Waals surface area contributed by atoms with E-state index in [2.05, 4.69) is 5.10 Å². The largest absolute Gasteiger partial charge is 0.497 e. The molecule has 0 spiro atoms. The molecule has 2 aromatic rings. The van der Waals surface area contributed by atoms with E-state index in [0.717, 1.165) is 48.3 Å². The SMILES string of the molecule is COc1ccc(C2(C(=O)N(C)Cc3cnn(C)c3C)CCCC2)cc1. The Morgan fingerprint density at radius 2 is 1.92 bits per heavy atom. The van der Waals surface area contributed by atoms with Gasteiger partial charge in [-0.2, -0.15) is 5.10 Å². The number of hydrogen-bond donors (Lipinski definition) is 0. The predicted octanol–water partition coefficient (Wildman–Crippen LogP) is 3.21. The summed E-state index contributed by atoms with van der Waals surface area (Å²) < 4.78 is 7.11. The van der Waals surface area contributed by atoms with Gasteiger partial charge in [-0.3, -0.25) is 9.48 Å². The van der Waals surface area contributed by atoms with Crippen LogP contribution in [0.25, 0.3) is 0 Å². The number of hydrogen-bond acceptors (Lipinski definition) is 3. The van der Waals surface area contributed by atoms with Crippen LogP contribution in [0.3, 0.4) is 0 Å². The number of amides is 1.